The van der Waals surface area contributed by atoms with Gasteiger partial charge in [-0.1, -0.05) is 18.5 Å². The van der Waals surface area contributed by atoms with Gasteiger partial charge in [-0.2, -0.15) is 0 Å². The highest BCUT2D eigenvalue weighted by Gasteiger charge is 2.27. The van der Waals surface area contributed by atoms with Crippen LogP contribution in [0.25, 0.3) is 0 Å². The summed E-state index contributed by atoms with van der Waals surface area (Å²) in [6.07, 6.45) is 2.98. The Bertz CT molecular complexity index is 405. The third-order valence-electron chi connectivity index (χ3n) is 3.07. The largest absolute Gasteiger partial charge is 0.388 e. The molecule has 1 atom stereocenters. The van der Waals surface area contributed by atoms with Gasteiger partial charge in [0, 0.05) is 18.5 Å². The van der Waals surface area contributed by atoms with Gasteiger partial charge in [0.2, 0.25) is 0 Å². The zero-order valence-corrected chi connectivity index (χ0v) is 11.0. The van der Waals surface area contributed by atoms with Gasteiger partial charge >= 0.3 is 0 Å². The Kier molecular flexibility index (Phi) is 3.54. The van der Waals surface area contributed by atoms with E-state index in [2.05, 4.69) is 15.3 Å². The van der Waals surface area contributed by atoms with Gasteiger partial charge in [-0.15, -0.1) is 0 Å². The highest BCUT2D eigenvalue weighted by molar-refractivity contribution is 6.29. The molecule has 0 aliphatic heterocycles. The molecule has 1 aliphatic carbocycles. The van der Waals surface area contributed by atoms with E-state index in [1.54, 1.807) is 13.0 Å². The first kappa shape index (κ1) is 12.6. The van der Waals surface area contributed by atoms with Crippen LogP contribution in [-0.4, -0.2) is 27.2 Å². The van der Waals surface area contributed by atoms with Gasteiger partial charge in [0.15, 0.2) is 0 Å². The highest BCUT2D eigenvalue weighted by Crippen LogP contribution is 2.38. The van der Waals surface area contributed by atoms with Crippen LogP contribution in [-0.2, 0) is 0 Å². The second kappa shape index (κ2) is 4.78. The zero-order valence-electron chi connectivity index (χ0n) is 10.2. The molecule has 0 aromatic carbocycles. The van der Waals surface area contributed by atoms with E-state index in [0.29, 0.717) is 29.9 Å². The van der Waals surface area contributed by atoms with Gasteiger partial charge < -0.3 is 10.4 Å². The molecule has 1 aliphatic rings. The average Bonchev–Trinajstić information content (AvgIpc) is 3.10. The maximum atomic E-state index is 9.91. The number of halogens is 1. The Morgan fingerprint density at radius 2 is 2.24 bits per heavy atom. The van der Waals surface area contributed by atoms with E-state index >= 15 is 0 Å². The maximum Gasteiger partial charge on any atom is 0.135 e. The van der Waals surface area contributed by atoms with Gasteiger partial charge in [-0.25, -0.2) is 9.97 Å². The van der Waals surface area contributed by atoms with Gasteiger partial charge in [0.05, 0.1) is 5.60 Å². The Morgan fingerprint density at radius 1 is 1.53 bits per heavy atom. The number of nitrogens with zero attached hydrogens (tertiary/aromatic N) is 2. The summed E-state index contributed by atoms with van der Waals surface area (Å²) in [5.74, 6) is 1.98. The molecule has 1 fully saturated rings. The Hall–Kier alpha value is -0.870. The van der Waals surface area contributed by atoms with Crippen LogP contribution >= 0.6 is 11.6 Å². The lowest BCUT2D eigenvalue weighted by Gasteiger charge is -2.22. The Labute approximate surface area is 106 Å². The number of aromatic nitrogens is 2. The van der Waals surface area contributed by atoms with Crippen molar-refractivity contribution in [2.75, 3.05) is 11.9 Å². The molecule has 0 saturated heterocycles. The van der Waals surface area contributed by atoms with Gasteiger partial charge in [-0.3, -0.25) is 0 Å². The standard InChI is InChI=1S/C12H18ClN3O/c1-3-12(2,17)7-14-10-6-9(13)15-11(16-10)8-4-5-8/h6,8,17H,3-5,7H2,1-2H3,(H,14,15,16). The van der Waals surface area contributed by atoms with Crippen molar-refractivity contribution in [3.8, 4) is 0 Å². The minimum Gasteiger partial charge on any atom is -0.388 e. The molecule has 1 saturated carbocycles. The Morgan fingerprint density at radius 3 is 2.82 bits per heavy atom. The molecule has 1 aromatic rings. The second-order valence-corrected chi connectivity index (χ2v) is 5.30. The molecule has 17 heavy (non-hydrogen) atoms. The SMILES string of the molecule is CCC(C)(O)CNc1cc(Cl)nc(C2CC2)n1. The van der Waals surface area contributed by atoms with Crippen LogP contribution in [0.15, 0.2) is 6.07 Å². The summed E-state index contributed by atoms with van der Waals surface area (Å²) < 4.78 is 0. The quantitative estimate of drug-likeness (QED) is 0.794. The fourth-order valence-electron chi connectivity index (χ4n) is 1.46. The molecule has 94 valence electrons. The van der Waals surface area contributed by atoms with Crippen LogP contribution in [0.2, 0.25) is 5.15 Å². The number of rotatable bonds is 5. The van der Waals surface area contributed by atoms with Gasteiger partial charge in [0.1, 0.15) is 16.8 Å². The van der Waals surface area contributed by atoms with Gasteiger partial charge in [-0.05, 0) is 26.2 Å². The van der Waals surface area contributed by atoms with Crippen molar-refractivity contribution in [1.82, 2.24) is 9.97 Å². The van der Waals surface area contributed by atoms with Crippen LogP contribution in [0.4, 0.5) is 5.82 Å². The van der Waals surface area contributed by atoms with Crippen molar-refractivity contribution >= 4 is 17.4 Å². The molecule has 1 aromatic heterocycles. The number of hydrogen-bond donors (Lipinski definition) is 2. The van der Waals surface area contributed by atoms with Crippen LogP contribution in [0.1, 0.15) is 44.9 Å². The van der Waals surface area contributed by atoms with Crippen LogP contribution in [0, 0.1) is 0 Å². The number of hydrogen-bond acceptors (Lipinski definition) is 4. The van der Waals surface area contributed by atoms with Crippen molar-refractivity contribution in [2.24, 2.45) is 0 Å². The van der Waals surface area contributed by atoms with Crippen molar-refractivity contribution in [2.45, 2.75) is 44.6 Å². The minimum atomic E-state index is -0.725. The van der Waals surface area contributed by atoms with E-state index < -0.39 is 5.60 Å². The molecule has 1 heterocycles. The summed E-state index contributed by atoms with van der Waals surface area (Å²) in [6.45, 7) is 4.20. The Balaban J connectivity index is 2.05. The minimum absolute atomic E-state index is 0.459. The topological polar surface area (TPSA) is 58.0 Å². The van der Waals surface area contributed by atoms with E-state index in [1.807, 2.05) is 6.92 Å². The molecule has 0 amide bonds. The van der Waals surface area contributed by atoms with Crippen molar-refractivity contribution in [3.05, 3.63) is 17.0 Å². The van der Waals surface area contributed by atoms with E-state index in [9.17, 15) is 5.11 Å². The molecule has 0 spiro atoms. The second-order valence-electron chi connectivity index (χ2n) is 4.91. The normalized spacial score (nSPS) is 18.8. The first-order valence-electron chi connectivity index (χ1n) is 6.01. The molecular formula is C12H18ClN3O. The van der Waals surface area contributed by atoms with E-state index in [1.165, 1.54) is 0 Å². The fraction of sp³-hybridized carbons (Fsp3) is 0.667. The van der Waals surface area contributed by atoms with Gasteiger partial charge in [0.25, 0.3) is 0 Å². The first-order valence-corrected chi connectivity index (χ1v) is 6.39. The molecule has 2 N–H and O–H groups in total. The predicted octanol–water partition coefficient (Wildman–Crippen LogP) is 2.58. The molecule has 0 radical (unpaired) electrons. The summed E-state index contributed by atoms with van der Waals surface area (Å²) in [5.41, 5.74) is -0.725. The van der Waals surface area contributed by atoms with E-state index in [4.69, 9.17) is 11.6 Å². The van der Waals surface area contributed by atoms with Crippen LogP contribution in [0.3, 0.4) is 0 Å². The highest BCUT2D eigenvalue weighted by atomic mass is 35.5. The lowest BCUT2D eigenvalue weighted by Crippen LogP contribution is -2.32. The van der Waals surface area contributed by atoms with Crippen molar-refractivity contribution < 1.29 is 5.11 Å². The monoisotopic (exact) mass is 255 g/mol. The molecule has 4 nitrogen and oxygen atoms in total. The van der Waals surface area contributed by atoms with E-state index in [-0.39, 0.29) is 0 Å². The van der Waals surface area contributed by atoms with Crippen molar-refractivity contribution in [3.63, 3.8) is 0 Å². The number of aliphatic hydroxyl groups is 1. The van der Waals surface area contributed by atoms with Crippen LogP contribution < -0.4 is 5.32 Å². The summed E-state index contributed by atoms with van der Waals surface area (Å²) in [5, 5.41) is 13.5. The molecule has 1 unspecified atom stereocenters. The third-order valence-corrected chi connectivity index (χ3v) is 3.26. The summed E-state index contributed by atoms with van der Waals surface area (Å²) in [7, 11) is 0. The summed E-state index contributed by atoms with van der Waals surface area (Å²) in [4.78, 5) is 8.63. The molecular weight excluding hydrogens is 238 g/mol. The predicted molar refractivity (Wildman–Crippen MR) is 68.4 cm³/mol. The lowest BCUT2D eigenvalue weighted by atomic mass is 10.0. The first-order chi connectivity index (χ1) is 8.00. The van der Waals surface area contributed by atoms with Crippen LogP contribution in [0.5, 0.6) is 0 Å². The zero-order chi connectivity index (χ0) is 12.5. The lowest BCUT2D eigenvalue weighted by molar-refractivity contribution is 0.0696. The van der Waals surface area contributed by atoms with Crippen molar-refractivity contribution in [1.29, 1.82) is 0 Å². The summed E-state index contributed by atoms with van der Waals surface area (Å²) >= 11 is 5.95. The molecule has 2 rings (SSSR count). The number of nitrogens with one attached hydrogen (secondary N) is 1. The maximum absolute atomic E-state index is 9.91. The number of anilines is 1. The average molecular weight is 256 g/mol. The summed E-state index contributed by atoms with van der Waals surface area (Å²) in [6, 6.07) is 1.69. The molecule has 0 bridgehead atoms. The smallest absolute Gasteiger partial charge is 0.135 e. The van der Waals surface area contributed by atoms with E-state index in [0.717, 1.165) is 18.7 Å². The molecule has 5 heteroatoms. The fourth-order valence-corrected chi connectivity index (χ4v) is 1.65. The third kappa shape index (κ3) is 3.54.